The van der Waals surface area contributed by atoms with E-state index in [1.807, 2.05) is 12.1 Å². The fourth-order valence-corrected chi connectivity index (χ4v) is 1.78. The zero-order valence-electron chi connectivity index (χ0n) is 10.9. The molecule has 5 N–H and O–H groups in total. The highest BCUT2D eigenvalue weighted by atomic mass is 16.2. The molecule has 20 heavy (non-hydrogen) atoms. The molecule has 7 nitrogen and oxygen atoms in total. The Bertz CT molecular complexity index is 656. The lowest BCUT2D eigenvalue weighted by atomic mass is 10.1. The molecule has 2 aromatic rings. The molecule has 1 heterocycles. The maximum absolute atomic E-state index is 12.2. The number of hydrazine groups is 1. The van der Waals surface area contributed by atoms with Crippen molar-refractivity contribution in [2.75, 3.05) is 19.0 Å². The molecule has 0 unspecified atom stereocenters. The Labute approximate surface area is 115 Å². The second kappa shape index (κ2) is 5.98. The van der Waals surface area contributed by atoms with E-state index in [0.717, 1.165) is 0 Å². The Hall–Kier alpha value is -2.67. The van der Waals surface area contributed by atoms with Crippen LogP contribution in [0.25, 0.3) is 10.9 Å². The molecular formula is C13H15N5O2. The van der Waals surface area contributed by atoms with Crippen molar-refractivity contribution in [3.63, 3.8) is 0 Å². The molecular weight excluding hydrogens is 258 g/mol. The lowest BCUT2D eigenvalue weighted by molar-refractivity contribution is -0.119. The molecule has 104 valence electrons. The highest BCUT2D eigenvalue weighted by molar-refractivity contribution is 6.07. The number of nitrogen functional groups attached to an aromatic ring is 1. The zero-order chi connectivity index (χ0) is 14.5. The van der Waals surface area contributed by atoms with Crippen LogP contribution in [0.5, 0.6) is 0 Å². The Morgan fingerprint density at radius 3 is 2.75 bits per heavy atom. The van der Waals surface area contributed by atoms with Crippen molar-refractivity contribution < 1.29 is 9.59 Å². The number of hydrogen-bond acceptors (Lipinski definition) is 5. The molecule has 0 bridgehead atoms. The fraction of sp³-hybridized carbons (Fsp3) is 0.154. The average molecular weight is 273 g/mol. The highest BCUT2D eigenvalue weighted by Crippen LogP contribution is 2.20. The molecule has 0 aliphatic heterocycles. The summed E-state index contributed by atoms with van der Waals surface area (Å²) in [5, 5.41) is 5.67. The molecule has 0 saturated carbocycles. The largest absolute Gasteiger partial charge is 0.358 e. The average Bonchev–Trinajstić information content (AvgIpc) is 2.50. The van der Waals surface area contributed by atoms with Gasteiger partial charge in [0, 0.05) is 12.4 Å². The molecule has 0 aliphatic rings. The standard InChI is InChI=1S/C13H15N5O2/c1-15-12(19)7-16-13(20)9-6-11(18-14)17-10-5-3-2-4-8(9)10/h2-6H,7,14H2,1H3,(H,15,19)(H,16,20)(H,17,18). The Morgan fingerprint density at radius 2 is 2.05 bits per heavy atom. The third kappa shape index (κ3) is 2.83. The van der Waals surface area contributed by atoms with Crippen LogP contribution in [-0.2, 0) is 4.79 Å². The molecule has 0 spiro atoms. The van der Waals surface area contributed by atoms with Gasteiger partial charge in [-0.05, 0) is 12.1 Å². The number of para-hydroxylation sites is 1. The van der Waals surface area contributed by atoms with E-state index < -0.39 is 0 Å². The number of carbonyl (C=O) groups is 2. The number of carbonyl (C=O) groups excluding carboxylic acids is 2. The third-order valence-electron chi connectivity index (χ3n) is 2.80. The molecule has 0 aliphatic carbocycles. The summed E-state index contributed by atoms with van der Waals surface area (Å²) < 4.78 is 0. The minimum atomic E-state index is -0.358. The quantitative estimate of drug-likeness (QED) is 0.463. The van der Waals surface area contributed by atoms with Gasteiger partial charge in [0.1, 0.15) is 5.82 Å². The first-order chi connectivity index (χ1) is 9.65. The fourth-order valence-electron chi connectivity index (χ4n) is 1.78. The topological polar surface area (TPSA) is 109 Å². The number of nitrogens with one attached hydrogen (secondary N) is 3. The van der Waals surface area contributed by atoms with Gasteiger partial charge >= 0.3 is 0 Å². The van der Waals surface area contributed by atoms with E-state index in [9.17, 15) is 9.59 Å². The smallest absolute Gasteiger partial charge is 0.252 e. The number of fused-ring (bicyclic) bond motifs is 1. The van der Waals surface area contributed by atoms with Crippen molar-refractivity contribution in [3.05, 3.63) is 35.9 Å². The van der Waals surface area contributed by atoms with Gasteiger partial charge in [0.2, 0.25) is 5.91 Å². The minimum absolute atomic E-state index is 0.0859. The first-order valence-corrected chi connectivity index (χ1v) is 6.01. The Kier molecular flexibility index (Phi) is 4.11. The Morgan fingerprint density at radius 1 is 1.30 bits per heavy atom. The van der Waals surface area contributed by atoms with Crippen LogP contribution in [0.2, 0.25) is 0 Å². The molecule has 1 aromatic heterocycles. The summed E-state index contributed by atoms with van der Waals surface area (Å²) in [5.41, 5.74) is 3.48. The minimum Gasteiger partial charge on any atom is -0.358 e. The number of aromatic nitrogens is 1. The van der Waals surface area contributed by atoms with E-state index in [-0.39, 0.29) is 18.4 Å². The van der Waals surface area contributed by atoms with Gasteiger partial charge in [0.15, 0.2) is 0 Å². The van der Waals surface area contributed by atoms with E-state index in [1.165, 1.54) is 7.05 Å². The number of amides is 2. The second-order valence-corrected chi connectivity index (χ2v) is 4.07. The van der Waals surface area contributed by atoms with Gasteiger partial charge in [-0.3, -0.25) is 9.59 Å². The maximum Gasteiger partial charge on any atom is 0.252 e. The lowest BCUT2D eigenvalue weighted by Gasteiger charge is -2.09. The molecule has 1 aromatic carbocycles. The molecule has 0 fully saturated rings. The van der Waals surface area contributed by atoms with Gasteiger partial charge in [0.05, 0.1) is 17.6 Å². The first-order valence-electron chi connectivity index (χ1n) is 6.01. The van der Waals surface area contributed by atoms with Gasteiger partial charge in [-0.2, -0.15) is 0 Å². The summed E-state index contributed by atoms with van der Waals surface area (Å²) >= 11 is 0. The summed E-state index contributed by atoms with van der Waals surface area (Å²) in [7, 11) is 1.51. The third-order valence-corrected chi connectivity index (χ3v) is 2.80. The van der Waals surface area contributed by atoms with Gasteiger partial charge < -0.3 is 16.1 Å². The van der Waals surface area contributed by atoms with Crippen LogP contribution < -0.4 is 21.9 Å². The maximum atomic E-state index is 12.2. The van der Waals surface area contributed by atoms with Crippen molar-refractivity contribution in [2.24, 2.45) is 5.84 Å². The number of likely N-dealkylation sites (N-methyl/N-ethyl adjacent to an activating group) is 1. The number of nitrogens with zero attached hydrogens (tertiary/aromatic N) is 1. The number of hydrogen-bond donors (Lipinski definition) is 4. The summed E-state index contributed by atoms with van der Waals surface area (Å²) in [5.74, 6) is 5.10. The van der Waals surface area contributed by atoms with Crippen LogP contribution in [0.15, 0.2) is 30.3 Å². The van der Waals surface area contributed by atoms with Crippen molar-refractivity contribution in [3.8, 4) is 0 Å². The summed E-state index contributed by atoms with van der Waals surface area (Å²) in [4.78, 5) is 27.6. The van der Waals surface area contributed by atoms with Gasteiger partial charge in [-0.25, -0.2) is 10.8 Å². The second-order valence-electron chi connectivity index (χ2n) is 4.07. The summed E-state index contributed by atoms with van der Waals surface area (Å²) in [6, 6.07) is 8.75. The van der Waals surface area contributed by atoms with Gasteiger partial charge in [0.25, 0.3) is 5.91 Å². The van der Waals surface area contributed by atoms with Crippen molar-refractivity contribution in [1.82, 2.24) is 15.6 Å². The van der Waals surface area contributed by atoms with Gasteiger partial charge in [-0.15, -0.1) is 0 Å². The zero-order valence-corrected chi connectivity index (χ0v) is 10.9. The van der Waals surface area contributed by atoms with Crippen LogP contribution in [0, 0.1) is 0 Å². The van der Waals surface area contributed by atoms with E-state index in [0.29, 0.717) is 22.3 Å². The predicted molar refractivity (Wildman–Crippen MR) is 76.0 cm³/mol. The van der Waals surface area contributed by atoms with Crippen LogP contribution in [0.4, 0.5) is 5.82 Å². The molecule has 0 saturated heterocycles. The number of rotatable bonds is 4. The normalized spacial score (nSPS) is 10.1. The molecule has 7 heteroatoms. The van der Waals surface area contributed by atoms with Crippen LogP contribution in [0.3, 0.4) is 0 Å². The molecule has 2 rings (SSSR count). The first kappa shape index (κ1) is 13.8. The lowest BCUT2D eigenvalue weighted by Crippen LogP contribution is -2.35. The molecule has 0 atom stereocenters. The van der Waals surface area contributed by atoms with E-state index in [2.05, 4.69) is 21.0 Å². The van der Waals surface area contributed by atoms with Crippen molar-refractivity contribution >= 4 is 28.5 Å². The summed E-state index contributed by atoms with van der Waals surface area (Å²) in [6.45, 7) is -0.0859. The molecule has 0 radical (unpaired) electrons. The van der Waals surface area contributed by atoms with Crippen molar-refractivity contribution in [1.29, 1.82) is 0 Å². The summed E-state index contributed by atoms with van der Waals surface area (Å²) in [6.07, 6.45) is 0. The number of pyridine rings is 1. The predicted octanol–water partition coefficient (Wildman–Crippen LogP) is -0.00380. The van der Waals surface area contributed by atoms with E-state index in [4.69, 9.17) is 5.84 Å². The number of anilines is 1. The number of benzene rings is 1. The van der Waals surface area contributed by atoms with E-state index >= 15 is 0 Å². The van der Waals surface area contributed by atoms with Crippen LogP contribution >= 0.6 is 0 Å². The van der Waals surface area contributed by atoms with Crippen LogP contribution in [0.1, 0.15) is 10.4 Å². The van der Waals surface area contributed by atoms with E-state index in [1.54, 1.807) is 18.2 Å². The van der Waals surface area contributed by atoms with Crippen LogP contribution in [-0.4, -0.2) is 30.4 Å². The Balaban J connectivity index is 2.36. The van der Waals surface area contributed by atoms with Crippen molar-refractivity contribution in [2.45, 2.75) is 0 Å². The van der Waals surface area contributed by atoms with Gasteiger partial charge in [-0.1, -0.05) is 18.2 Å². The molecule has 2 amide bonds. The monoisotopic (exact) mass is 273 g/mol. The number of nitrogens with two attached hydrogens (primary N) is 1. The SMILES string of the molecule is CNC(=O)CNC(=O)c1cc(NN)nc2ccccc12. The highest BCUT2D eigenvalue weighted by Gasteiger charge is 2.13.